The fraction of sp³-hybridized carbons (Fsp3) is 0.333. The molecular weight excluding hydrogens is 98.0 g/mol. The summed E-state index contributed by atoms with van der Waals surface area (Å²) in [6.07, 6.45) is 1.00. The molecule has 0 bridgehead atoms. The maximum Gasteiger partial charge on any atom is 0.352 e. The van der Waals surface area contributed by atoms with E-state index in [0.29, 0.717) is 0 Å². The molecule has 0 aromatic rings. The SMILES string of the molecule is CC([O])=O.N[C]=O. The number of primary amides is 1. The third-order valence-corrected chi connectivity index (χ3v) is 0. The molecular formula is C3H5NO3. The van der Waals surface area contributed by atoms with Crippen LogP contribution in [0, 0.1) is 0 Å². The monoisotopic (exact) mass is 103 g/mol. The lowest BCUT2D eigenvalue weighted by Gasteiger charge is -1.50. The number of nitrogens with two attached hydrogens (primary N) is 1. The molecule has 0 saturated carbocycles. The molecule has 0 aromatic heterocycles. The van der Waals surface area contributed by atoms with E-state index < -0.39 is 5.97 Å². The molecule has 40 valence electrons. The number of carbonyl (C=O) groups is 1. The standard InChI is InChI=1S/C2H3O2.CH2NO/c1-2(3)4;2-1-3/h1H3;(H2,2,3). The van der Waals surface area contributed by atoms with Crippen molar-refractivity contribution in [1.29, 1.82) is 0 Å². The Kier molecular flexibility index (Phi) is 11.8. The van der Waals surface area contributed by atoms with Gasteiger partial charge < -0.3 is 5.73 Å². The van der Waals surface area contributed by atoms with E-state index in [-0.39, 0.29) is 0 Å². The van der Waals surface area contributed by atoms with E-state index >= 15 is 0 Å². The van der Waals surface area contributed by atoms with Crippen LogP contribution in [0.2, 0.25) is 0 Å². The Morgan fingerprint density at radius 2 is 1.71 bits per heavy atom. The summed E-state index contributed by atoms with van der Waals surface area (Å²) in [5, 5.41) is 8.89. The van der Waals surface area contributed by atoms with Gasteiger partial charge in [-0.1, -0.05) is 0 Å². The van der Waals surface area contributed by atoms with Gasteiger partial charge in [0.25, 0.3) is 0 Å². The summed E-state index contributed by atoms with van der Waals surface area (Å²) < 4.78 is 0. The molecule has 2 radical (unpaired) electrons. The quantitative estimate of drug-likeness (QED) is 0.398. The maximum absolute atomic E-state index is 8.89. The van der Waals surface area contributed by atoms with Gasteiger partial charge in [0.15, 0.2) is 0 Å². The van der Waals surface area contributed by atoms with E-state index in [1.807, 2.05) is 0 Å². The van der Waals surface area contributed by atoms with Crippen LogP contribution in [0.3, 0.4) is 0 Å². The first-order valence-electron chi connectivity index (χ1n) is 1.40. The van der Waals surface area contributed by atoms with Crippen LogP contribution in [0.4, 0.5) is 0 Å². The molecule has 0 aromatic carbocycles. The van der Waals surface area contributed by atoms with Crippen LogP contribution >= 0.6 is 0 Å². The van der Waals surface area contributed by atoms with Crippen molar-refractivity contribution in [2.24, 2.45) is 5.73 Å². The van der Waals surface area contributed by atoms with Crippen LogP contribution in [0.15, 0.2) is 0 Å². The molecule has 1 amide bonds. The lowest BCUT2D eigenvalue weighted by atomic mass is 10.9. The molecule has 0 unspecified atom stereocenters. The van der Waals surface area contributed by atoms with Crippen molar-refractivity contribution in [1.82, 2.24) is 0 Å². The number of amides is 1. The average molecular weight is 103 g/mol. The van der Waals surface area contributed by atoms with Crippen molar-refractivity contribution in [3.05, 3.63) is 0 Å². The predicted octanol–water partition coefficient (Wildman–Crippen LogP) is -1.02. The Bertz CT molecular complexity index is 57.2. The molecule has 0 aliphatic heterocycles. The summed E-state index contributed by atoms with van der Waals surface area (Å²) in [6.45, 7) is 0.972. The van der Waals surface area contributed by atoms with Gasteiger partial charge in [0.2, 0.25) is 0 Å². The molecule has 0 aliphatic carbocycles. The van der Waals surface area contributed by atoms with Crippen molar-refractivity contribution in [2.45, 2.75) is 6.92 Å². The number of hydrogen-bond acceptors (Lipinski definition) is 2. The van der Waals surface area contributed by atoms with Crippen LogP contribution < -0.4 is 5.73 Å². The van der Waals surface area contributed by atoms with Crippen LogP contribution in [0.1, 0.15) is 6.92 Å². The Labute approximate surface area is 40.9 Å². The van der Waals surface area contributed by atoms with Gasteiger partial charge in [-0.05, 0) is 0 Å². The fourth-order valence-corrected chi connectivity index (χ4v) is 0. The summed E-state index contributed by atoms with van der Waals surface area (Å²) in [5.74, 6) is -1.08. The lowest BCUT2D eigenvalue weighted by molar-refractivity contribution is -0.140. The highest BCUT2D eigenvalue weighted by Crippen LogP contribution is 1.45. The zero-order chi connectivity index (χ0) is 6.28. The zero-order valence-electron chi connectivity index (χ0n) is 3.80. The predicted molar refractivity (Wildman–Crippen MR) is 21.2 cm³/mol. The van der Waals surface area contributed by atoms with Crippen LogP contribution in [0.5, 0.6) is 0 Å². The Morgan fingerprint density at radius 3 is 1.71 bits per heavy atom. The molecule has 0 saturated heterocycles. The van der Waals surface area contributed by atoms with Crippen molar-refractivity contribution < 1.29 is 14.7 Å². The molecule has 2 N–H and O–H groups in total. The van der Waals surface area contributed by atoms with E-state index in [9.17, 15) is 0 Å². The molecule has 7 heavy (non-hydrogen) atoms. The molecule has 4 nitrogen and oxygen atoms in total. The normalized spacial score (nSPS) is 5.29. The Balaban J connectivity index is 0. The second-order valence-electron chi connectivity index (χ2n) is 0.609. The highest BCUT2D eigenvalue weighted by molar-refractivity contribution is 5.62. The number of carbonyl (C=O) groups excluding carboxylic acids is 2. The Morgan fingerprint density at radius 1 is 1.71 bits per heavy atom. The molecule has 0 rings (SSSR count). The smallest absolute Gasteiger partial charge is 0.352 e. The second kappa shape index (κ2) is 8.87. The van der Waals surface area contributed by atoms with Crippen molar-refractivity contribution in [2.75, 3.05) is 0 Å². The van der Waals surface area contributed by atoms with E-state index in [0.717, 1.165) is 13.3 Å². The van der Waals surface area contributed by atoms with Crippen LogP contribution in [0.25, 0.3) is 0 Å². The fourth-order valence-electron chi connectivity index (χ4n) is 0. The average Bonchev–Trinajstić information content (AvgIpc) is 1.33. The van der Waals surface area contributed by atoms with Gasteiger partial charge >= 0.3 is 12.4 Å². The topological polar surface area (TPSA) is 80.1 Å². The molecule has 0 spiro atoms. The highest BCUT2D eigenvalue weighted by atomic mass is 16.4. The second-order valence-corrected chi connectivity index (χ2v) is 0.609. The first kappa shape index (κ1) is 9.34. The van der Waals surface area contributed by atoms with Crippen LogP contribution in [-0.2, 0) is 14.7 Å². The van der Waals surface area contributed by atoms with Crippen molar-refractivity contribution >= 4 is 12.4 Å². The first-order chi connectivity index (χ1) is 3.15. The van der Waals surface area contributed by atoms with Gasteiger partial charge in [-0.15, -0.1) is 0 Å². The minimum Gasteiger partial charge on any atom is -0.361 e. The van der Waals surface area contributed by atoms with Gasteiger partial charge in [0.05, 0.1) is 0 Å². The molecule has 0 atom stereocenters. The molecule has 0 heterocycles. The largest absolute Gasteiger partial charge is 0.361 e. The lowest BCUT2D eigenvalue weighted by Crippen LogP contribution is -1.82. The molecule has 0 fully saturated rings. The summed E-state index contributed by atoms with van der Waals surface area (Å²) in [4.78, 5) is 17.3. The third-order valence-electron chi connectivity index (χ3n) is 0. The van der Waals surface area contributed by atoms with Crippen molar-refractivity contribution in [3.8, 4) is 0 Å². The minimum absolute atomic E-state index is 0.972. The van der Waals surface area contributed by atoms with Crippen molar-refractivity contribution in [3.63, 3.8) is 0 Å². The summed E-state index contributed by atoms with van der Waals surface area (Å²) in [7, 11) is 0. The van der Waals surface area contributed by atoms with Gasteiger partial charge in [0, 0.05) is 6.92 Å². The maximum atomic E-state index is 8.89. The summed E-state index contributed by atoms with van der Waals surface area (Å²) in [5.41, 5.74) is 4.04. The van der Waals surface area contributed by atoms with Crippen LogP contribution in [-0.4, -0.2) is 12.4 Å². The summed E-state index contributed by atoms with van der Waals surface area (Å²) >= 11 is 0. The van der Waals surface area contributed by atoms with Gasteiger partial charge in [-0.3, -0.25) is 4.79 Å². The molecule has 4 heteroatoms. The van der Waals surface area contributed by atoms with E-state index in [4.69, 9.17) is 14.7 Å². The number of hydrogen-bond donors (Lipinski definition) is 1. The molecule has 0 aliphatic rings. The Hall–Kier alpha value is -1.06. The van der Waals surface area contributed by atoms with Gasteiger partial charge in [0.1, 0.15) is 0 Å². The van der Waals surface area contributed by atoms with Gasteiger partial charge in [-0.2, -0.15) is 0 Å². The van der Waals surface area contributed by atoms with E-state index in [2.05, 4.69) is 5.73 Å². The third kappa shape index (κ3) is 38.0. The highest BCUT2D eigenvalue weighted by Gasteiger charge is 1.71. The van der Waals surface area contributed by atoms with E-state index in [1.165, 1.54) is 0 Å². The zero-order valence-corrected chi connectivity index (χ0v) is 3.80. The van der Waals surface area contributed by atoms with E-state index in [1.54, 1.807) is 0 Å². The van der Waals surface area contributed by atoms with Gasteiger partial charge in [-0.25, -0.2) is 9.90 Å². The number of rotatable bonds is 0. The first-order valence-corrected chi connectivity index (χ1v) is 1.40. The minimum atomic E-state index is -1.08. The summed E-state index contributed by atoms with van der Waals surface area (Å²) in [6, 6.07) is 0.